The smallest absolute Gasteiger partial charge is 0.114 e. The molecule has 3 heteroatoms. The maximum Gasteiger partial charge on any atom is 0.114 e. The molecular formula is C17H19N3. The molecule has 0 aliphatic carbocycles. The lowest BCUT2D eigenvalue weighted by molar-refractivity contribution is 0.866. The van der Waals surface area contributed by atoms with Gasteiger partial charge in [-0.15, -0.1) is 0 Å². The molecule has 3 rings (SSSR count). The highest BCUT2D eigenvalue weighted by molar-refractivity contribution is 5.66. The number of benzene rings is 1. The first-order valence-electron chi connectivity index (χ1n) is 6.94. The number of nitrogens with zero attached hydrogens (tertiary/aromatic N) is 2. The van der Waals surface area contributed by atoms with Crippen molar-refractivity contribution < 1.29 is 0 Å². The summed E-state index contributed by atoms with van der Waals surface area (Å²) in [7, 11) is 0. The van der Waals surface area contributed by atoms with Gasteiger partial charge < -0.3 is 5.73 Å². The highest BCUT2D eigenvalue weighted by Crippen LogP contribution is 2.24. The Kier molecular flexibility index (Phi) is 3.28. The highest BCUT2D eigenvalue weighted by Gasteiger charge is 2.09. The molecule has 1 aromatic carbocycles. The van der Waals surface area contributed by atoms with E-state index >= 15 is 0 Å². The van der Waals surface area contributed by atoms with Crippen LogP contribution in [0, 0.1) is 13.8 Å². The molecule has 0 spiro atoms. The summed E-state index contributed by atoms with van der Waals surface area (Å²) in [6.07, 6.45) is 2.70. The topological polar surface area (TPSA) is 43.3 Å². The Morgan fingerprint density at radius 1 is 1.10 bits per heavy atom. The van der Waals surface area contributed by atoms with Crippen LogP contribution < -0.4 is 5.73 Å². The molecule has 3 nitrogen and oxygen atoms in total. The third-order valence-electron chi connectivity index (χ3n) is 3.79. The molecule has 0 saturated carbocycles. The van der Waals surface area contributed by atoms with Gasteiger partial charge in [-0.2, -0.15) is 0 Å². The maximum atomic E-state index is 5.69. The van der Waals surface area contributed by atoms with Crippen molar-refractivity contribution in [3.8, 4) is 11.3 Å². The summed E-state index contributed by atoms with van der Waals surface area (Å²) in [6.45, 7) is 4.89. The number of hydrogen-bond donors (Lipinski definition) is 1. The van der Waals surface area contributed by atoms with E-state index in [1.807, 2.05) is 6.20 Å². The number of hydrogen-bond acceptors (Lipinski definition) is 2. The van der Waals surface area contributed by atoms with Gasteiger partial charge in [0.2, 0.25) is 0 Å². The fourth-order valence-electron chi connectivity index (χ4n) is 2.54. The van der Waals surface area contributed by atoms with E-state index in [-0.39, 0.29) is 0 Å². The molecule has 102 valence electrons. The molecular weight excluding hydrogens is 246 g/mol. The van der Waals surface area contributed by atoms with Crippen LogP contribution >= 0.6 is 0 Å². The highest BCUT2D eigenvalue weighted by atomic mass is 15.0. The van der Waals surface area contributed by atoms with Crippen LogP contribution in [0.25, 0.3) is 16.8 Å². The monoisotopic (exact) mass is 265 g/mol. The van der Waals surface area contributed by atoms with E-state index in [2.05, 4.69) is 59.6 Å². The van der Waals surface area contributed by atoms with Gasteiger partial charge >= 0.3 is 0 Å². The lowest BCUT2D eigenvalue weighted by atomic mass is 10.0. The number of imidazole rings is 1. The van der Waals surface area contributed by atoms with Crippen molar-refractivity contribution >= 4 is 5.52 Å². The molecule has 0 aliphatic rings. The van der Waals surface area contributed by atoms with E-state index in [1.165, 1.54) is 22.4 Å². The molecule has 0 atom stereocenters. The fraction of sp³-hybridized carbons (Fsp3) is 0.235. The molecule has 3 aromatic rings. The van der Waals surface area contributed by atoms with Crippen molar-refractivity contribution in [3.63, 3.8) is 0 Å². The summed E-state index contributed by atoms with van der Waals surface area (Å²) in [4.78, 5) is 4.49. The first-order chi connectivity index (χ1) is 9.70. The number of aromatic nitrogens is 2. The standard InChI is InChI=1S/C17H19N3/c1-12-6-7-14(10-13(12)2)16-5-3-4-15-11-19-17(8-9-18)20(15)16/h3-7,10-11H,8-9,18H2,1-2H3. The third-order valence-corrected chi connectivity index (χ3v) is 3.79. The van der Waals surface area contributed by atoms with Crippen molar-refractivity contribution in [1.82, 2.24) is 9.38 Å². The lowest BCUT2D eigenvalue weighted by Crippen LogP contribution is -2.07. The average molecular weight is 265 g/mol. The molecule has 20 heavy (non-hydrogen) atoms. The zero-order chi connectivity index (χ0) is 14.1. The van der Waals surface area contributed by atoms with Gasteiger partial charge in [-0.25, -0.2) is 4.98 Å². The minimum atomic E-state index is 0.611. The Balaban J connectivity index is 2.24. The van der Waals surface area contributed by atoms with Gasteiger partial charge in [0.1, 0.15) is 5.82 Å². The van der Waals surface area contributed by atoms with Gasteiger partial charge in [0, 0.05) is 6.42 Å². The van der Waals surface area contributed by atoms with E-state index < -0.39 is 0 Å². The summed E-state index contributed by atoms with van der Waals surface area (Å²) in [5, 5.41) is 0. The minimum absolute atomic E-state index is 0.611. The average Bonchev–Trinajstić information content (AvgIpc) is 2.86. The maximum absolute atomic E-state index is 5.69. The van der Waals surface area contributed by atoms with Crippen LogP contribution in [0.3, 0.4) is 0 Å². The summed E-state index contributed by atoms with van der Waals surface area (Å²) in [6, 6.07) is 12.9. The van der Waals surface area contributed by atoms with Crippen LogP contribution in [0.4, 0.5) is 0 Å². The second-order valence-corrected chi connectivity index (χ2v) is 5.18. The molecule has 0 radical (unpaired) electrons. The Morgan fingerprint density at radius 3 is 2.70 bits per heavy atom. The lowest BCUT2D eigenvalue weighted by Gasteiger charge is -2.10. The Labute approximate surface area is 119 Å². The van der Waals surface area contributed by atoms with E-state index in [4.69, 9.17) is 5.73 Å². The van der Waals surface area contributed by atoms with Gasteiger partial charge in [0.25, 0.3) is 0 Å². The van der Waals surface area contributed by atoms with Gasteiger partial charge in [0.05, 0.1) is 17.4 Å². The van der Waals surface area contributed by atoms with Crippen LogP contribution in [0.2, 0.25) is 0 Å². The van der Waals surface area contributed by atoms with Crippen LogP contribution in [0.5, 0.6) is 0 Å². The molecule has 0 amide bonds. The number of aryl methyl sites for hydroxylation is 2. The van der Waals surface area contributed by atoms with Gasteiger partial charge in [-0.1, -0.05) is 18.2 Å². The van der Waals surface area contributed by atoms with Crippen molar-refractivity contribution in [2.24, 2.45) is 5.73 Å². The first-order valence-corrected chi connectivity index (χ1v) is 6.94. The largest absolute Gasteiger partial charge is 0.330 e. The summed E-state index contributed by atoms with van der Waals surface area (Å²) in [5.41, 5.74) is 11.8. The SMILES string of the molecule is Cc1ccc(-c2cccc3cnc(CCN)n23)cc1C. The van der Waals surface area contributed by atoms with E-state index in [0.717, 1.165) is 17.8 Å². The quantitative estimate of drug-likeness (QED) is 0.790. The molecule has 0 unspecified atom stereocenters. The van der Waals surface area contributed by atoms with E-state index in [0.29, 0.717) is 6.54 Å². The molecule has 2 N–H and O–H groups in total. The third kappa shape index (κ3) is 2.10. The molecule has 2 heterocycles. The zero-order valence-electron chi connectivity index (χ0n) is 11.9. The first kappa shape index (κ1) is 12.9. The van der Waals surface area contributed by atoms with E-state index in [9.17, 15) is 0 Å². The second-order valence-electron chi connectivity index (χ2n) is 5.18. The molecule has 0 aliphatic heterocycles. The van der Waals surface area contributed by atoms with Crippen molar-refractivity contribution in [1.29, 1.82) is 0 Å². The van der Waals surface area contributed by atoms with Gasteiger partial charge in [0.15, 0.2) is 0 Å². The second kappa shape index (κ2) is 5.10. The summed E-state index contributed by atoms with van der Waals surface area (Å²) >= 11 is 0. The number of rotatable bonds is 3. The Hall–Kier alpha value is -2.13. The normalized spacial score (nSPS) is 11.2. The predicted molar refractivity (Wildman–Crippen MR) is 82.9 cm³/mol. The van der Waals surface area contributed by atoms with E-state index in [1.54, 1.807) is 0 Å². The van der Waals surface area contributed by atoms with Gasteiger partial charge in [-0.3, -0.25) is 4.40 Å². The van der Waals surface area contributed by atoms with Crippen LogP contribution in [0.1, 0.15) is 17.0 Å². The number of nitrogens with two attached hydrogens (primary N) is 1. The van der Waals surface area contributed by atoms with Gasteiger partial charge in [-0.05, 0) is 55.3 Å². The molecule has 0 fully saturated rings. The van der Waals surface area contributed by atoms with Crippen LogP contribution in [-0.2, 0) is 6.42 Å². The van der Waals surface area contributed by atoms with Crippen molar-refractivity contribution in [2.45, 2.75) is 20.3 Å². The predicted octanol–water partition coefficient (Wildman–Crippen LogP) is 3.12. The number of fused-ring (bicyclic) bond motifs is 1. The summed E-state index contributed by atoms with van der Waals surface area (Å²) in [5.74, 6) is 1.02. The Morgan fingerprint density at radius 2 is 1.95 bits per heavy atom. The van der Waals surface area contributed by atoms with Crippen LogP contribution in [-0.4, -0.2) is 15.9 Å². The molecule has 0 bridgehead atoms. The van der Waals surface area contributed by atoms with Crippen molar-refractivity contribution in [2.75, 3.05) is 6.54 Å². The fourth-order valence-corrected chi connectivity index (χ4v) is 2.54. The Bertz CT molecular complexity index is 756. The summed E-state index contributed by atoms with van der Waals surface area (Å²) < 4.78 is 2.21. The molecule has 2 aromatic heterocycles. The minimum Gasteiger partial charge on any atom is -0.330 e. The zero-order valence-corrected chi connectivity index (χ0v) is 11.9. The molecule has 0 saturated heterocycles. The van der Waals surface area contributed by atoms with Crippen molar-refractivity contribution in [3.05, 3.63) is 59.5 Å². The van der Waals surface area contributed by atoms with Crippen LogP contribution in [0.15, 0.2) is 42.6 Å². The number of pyridine rings is 1.